The highest BCUT2D eigenvalue weighted by molar-refractivity contribution is 5.90. The number of carbonyl (C=O) groups excluding carboxylic acids is 1. The number of nitrogens with zero attached hydrogens (tertiary/aromatic N) is 2. The molecule has 1 heterocycles. The van der Waals surface area contributed by atoms with Gasteiger partial charge in [0, 0.05) is 11.6 Å². The Morgan fingerprint density at radius 2 is 2.00 bits per heavy atom. The molecule has 0 atom stereocenters. The van der Waals surface area contributed by atoms with Crippen molar-refractivity contribution < 1.29 is 4.79 Å². The molecule has 1 aliphatic carbocycles. The lowest BCUT2D eigenvalue weighted by molar-refractivity contribution is 0.0995. The number of rotatable bonds is 2. The summed E-state index contributed by atoms with van der Waals surface area (Å²) in [5.41, 5.74) is 6.42. The summed E-state index contributed by atoms with van der Waals surface area (Å²) in [6.45, 7) is 1.88. The maximum absolute atomic E-state index is 11.1. The third-order valence-corrected chi connectivity index (χ3v) is 3.09. The molecule has 1 amide bonds. The molecule has 86 valence electrons. The first kappa shape index (κ1) is 11.0. The highest BCUT2D eigenvalue weighted by Gasteiger charge is 2.19. The highest BCUT2D eigenvalue weighted by atomic mass is 16.1. The van der Waals surface area contributed by atoms with Crippen LogP contribution in [0.1, 0.15) is 60.0 Å². The van der Waals surface area contributed by atoms with Gasteiger partial charge in [-0.05, 0) is 25.8 Å². The molecule has 0 aliphatic heterocycles. The average Bonchev–Trinajstić information content (AvgIpc) is 2.29. The number of nitrogens with two attached hydrogens (primary N) is 1. The predicted molar refractivity (Wildman–Crippen MR) is 61.1 cm³/mol. The van der Waals surface area contributed by atoms with Gasteiger partial charge in [-0.2, -0.15) is 0 Å². The van der Waals surface area contributed by atoms with Crippen LogP contribution < -0.4 is 5.73 Å². The van der Waals surface area contributed by atoms with Crippen LogP contribution in [0.3, 0.4) is 0 Å². The van der Waals surface area contributed by atoms with Gasteiger partial charge in [-0.15, -0.1) is 0 Å². The van der Waals surface area contributed by atoms with E-state index in [2.05, 4.69) is 9.97 Å². The normalized spacial score (nSPS) is 17.3. The smallest absolute Gasteiger partial charge is 0.267 e. The number of hydrogen-bond donors (Lipinski definition) is 1. The van der Waals surface area contributed by atoms with Crippen LogP contribution in [0, 0.1) is 6.92 Å². The van der Waals surface area contributed by atoms with Crippen molar-refractivity contribution in [2.24, 2.45) is 5.73 Å². The third-order valence-electron chi connectivity index (χ3n) is 3.09. The topological polar surface area (TPSA) is 68.9 Å². The van der Waals surface area contributed by atoms with E-state index < -0.39 is 5.91 Å². The van der Waals surface area contributed by atoms with Gasteiger partial charge in [-0.1, -0.05) is 19.3 Å². The van der Waals surface area contributed by atoms with Gasteiger partial charge < -0.3 is 5.73 Å². The Labute approximate surface area is 95.3 Å². The number of carbonyl (C=O) groups is 1. The first-order chi connectivity index (χ1) is 7.66. The minimum atomic E-state index is -0.470. The standard InChI is InChI=1S/C12H17N3O/c1-8-7-10(11(13)16)15-12(14-8)9-5-3-2-4-6-9/h7,9H,2-6H2,1H3,(H2,13,16). The summed E-state index contributed by atoms with van der Waals surface area (Å²) < 4.78 is 0. The fourth-order valence-electron chi connectivity index (χ4n) is 2.26. The minimum Gasteiger partial charge on any atom is -0.364 e. The molecular weight excluding hydrogens is 202 g/mol. The van der Waals surface area contributed by atoms with E-state index in [0.29, 0.717) is 11.6 Å². The molecule has 1 aromatic heterocycles. The van der Waals surface area contributed by atoms with Gasteiger partial charge in [0.2, 0.25) is 0 Å². The number of amides is 1. The molecule has 2 rings (SSSR count). The van der Waals surface area contributed by atoms with Crippen LogP contribution in [-0.2, 0) is 0 Å². The van der Waals surface area contributed by atoms with Crippen molar-refractivity contribution in [3.05, 3.63) is 23.3 Å². The summed E-state index contributed by atoms with van der Waals surface area (Å²) in [6, 6.07) is 1.65. The van der Waals surface area contributed by atoms with Crippen LogP contribution in [0.4, 0.5) is 0 Å². The molecule has 0 unspecified atom stereocenters. The van der Waals surface area contributed by atoms with Gasteiger partial charge in [0.25, 0.3) is 5.91 Å². The fourth-order valence-corrected chi connectivity index (χ4v) is 2.26. The number of aromatic nitrogens is 2. The maximum Gasteiger partial charge on any atom is 0.267 e. The van der Waals surface area contributed by atoms with E-state index in [1.54, 1.807) is 6.07 Å². The van der Waals surface area contributed by atoms with Gasteiger partial charge in [0.15, 0.2) is 0 Å². The Morgan fingerprint density at radius 1 is 1.31 bits per heavy atom. The predicted octanol–water partition coefficient (Wildman–Crippen LogP) is 1.93. The molecular formula is C12H17N3O. The molecule has 0 aromatic carbocycles. The SMILES string of the molecule is Cc1cc(C(N)=O)nc(C2CCCCC2)n1. The zero-order valence-electron chi connectivity index (χ0n) is 9.57. The van der Waals surface area contributed by atoms with Crippen molar-refractivity contribution in [2.75, 3.05) is 0 Å². The van der Waals surface area contributed by atoms with Gasteiger partial charge in [-0.3, -0.25) is 4.79 Å². The molecule has 0 bridgehead atoms. The van der Waals surface area contributed by atoms with E-state index in [4.69, 9.17) is 5.73 Å². The van der Waals surface area contributed by atoms with Crippen molar-refractivity contribution in [1.29, 1.82) is 0 Å². The molecule has 2 N–H and O–H groups in total. The number of aryl methyl sites for hydroxylation is 1. The second kappa shape index (κ2) is 4.60. The fraction of sp³-hybridized carbons (Fsp3) is 0.583. The molecule has 1 aromatic rings. The molecule has 1 fully saturated rings. The van der Waals surface area contributed by atoms with Gasteiger partial charge >= 0.3 is 0 Å². The average molecular weight is 219 g/mol. The molecule has 1 aliphatic rings. The number of hydrogen-bond acceptors (Lipinski definition) is 3. The van der Waals surface area contributed by atoms with E-state index >= 15 is 0 Å². The van der Waals surface area contributed by atoms with Crippen LogP contribution in [0.2, 0.25) is 0 Å². The van der Waals surface area contributed by atoms with E-state index in [9.17, 15) is 4.79 Å². The van der Waals surface area contributed by atoms with E-state index in [1.807, 2.05) is 6.92 Å². The monoisotopic (exact) mass is 219 g/mol. The third kappa shape index (κ3) is 2.38. The lowest BCUT2D eigenvalue weighted by Crippen LogP contribution is -2.17. The van der Waals surface area contributed by atoms with Crippen LogP contribution >= 0.6 is 0 Å². The number of primary amides is 1. The summed E-state index contributed by atoms with van der Waals surface area (Å²) in [7, 11) is 0. The van der Waals surface area contributed by atoms with Crippen molar-refractivity contribution in [3.63, 3.8) is 0 Å². The molecule has 4 heteroatoms. The van der Waals surface area contributed by atoms with Crippen LogP contribution in [0.25, 0.3) is 0 Å². The quantitative estimate of drug-likeness (QED) is 0.826. The molecule has 0 spiro atoms. The minimum absolute atomic E-state index is 0.341. The molecule has 0 radical (unpaired) electrons. The molecule has 16 heavy (non-hydrogen) atoms. The Kier molecular flexibility index (Phi) is 3.17. The largest absolute Gasteiger partial charge is 0.364 e. The Morgan fingerprint density at radius 3 is 2.62 bits per heavy atom. The van der Waals surface area contributed by atoms with Gasteiger partial charge in [0.1, 0.15) is 11.5 Å². The molecule has 0 saturated heterocycles. The van der Waals surface area contributed by atoms with Crippen molar-refractivity contribution in [2.45, 2.75) is 44.9 Å². The van der Waals surface area contributed by atoms with Crippen LogP contribution in [0.5, 0.6) is 0 Å². The Hall–Kier alpha value is -1.45. The van der Waals surface area contributed by atoms with Crippen LogP contribution in [0.15, 0.2) is 6.07 Å². The summed E-state index contributed by atoms with van der Waals surface area (Å²) in [4.78, 5) is 19.8. The maximum atomic E-state index is 11.1. The first-order valence-corrected chi connectivity index (χ1v) is 5.82. The summed E-state index contributed by atoms with van der Waals surface area (Å²) in [5.74, 6) is 0.739. The second-order valence-electron chi connectivity index (χ2n) is 4.45. The van der Waals surface area contributed by atoms with E-state index in [-0.39, 0.29) is 0 Å². The lowest BCUT2D eigenvalue weighted by Gasteiger charge is -2.20. The van der Waals surface area contributed by atoms with Crippen molar-refractivity contribution in [1.82, 2.24) is 9.97 Å². The summed E-state index contributed by atoms with van der Waals surface area (Å²) in [6.07, 6.45) is 6.01. The molecule has 4 nitrogen and oxygen atoms in total. The first-order valence-electron chi connectivity index (χ1n) is 5.82. The van der Waals surface area contributed by atoms with Crippen molar-refractivity contribution >= 4 is 5.91 Å². The van der Waals surface area contributed by atoms with Crippen molar-refractivity contribution in [3.8, 4) is 0 Å². The van der Waals surface area contributed by atoms with E-state index in [1.165, 1.54) is 19.3 Å². The molecule has 1 saturated carbocycles. The van der Waals surface area contributed by atoms with E-state index in [0.717, 1.165) is 24.4 Å². The zero-order chi connectivity index (χ0) is 11.5. The highest BCUT2D eigenvalue weighted by Crippen LogP contribution is 2.30. The van der Waals surface area contributed by atoms with Gasteiger partial charge in [0.05, 0.1) is 0 Å². The summed E-state index contributed by atoms with van der Waals surface area (Å²) in [5, 5.41) is 0. The Bertz CT molecular complexity index is 397. The zero-order valence-corrected chi connectivity index (χ0v) is 9.57. The van der Waals surface area contributed by atoms with Gasteiger partial charge in [-0.25, -0.2) is 9.97 Å². The van der Waals surface area contributed by atoms with Crippen LogP contribution in [-0.4, -0.2) is 15.9 Å². The lowest BCUT2D eigenvalue weighted by atomic mass is 9.88. The second-order valence-corrected chi connectivity index (χ2v) is 4.45. The Balaban J connectivity index is 2.28. The summed E-state index contributed by atoms with van der Waals surface area (Å²) >= 11 is 0.